The van der Waals surface area contributed by atoms with Crippen LogP contribution in [0.5, 0.6) is 0 Å². The van der Waals surface area contributed by atoms with Gasteiger partial charge in [0, 0.05) is 43.6 Å². The highest BCUT2D eigenvalue weighted by molar-refractivity contribution is 7.09. The van der Waals surface area contributed by atoms with Crippen LogP contribution in [0.4, 0.5) is 9.18 Å². The van der Waals surface area contributed by atoms with Crippen LogP contribution in [0.25, 0.3) is 0 Å². The molecule has 4 atom stereocenters. The maximum Gasteiger partial charge on any atom is 0.408 e. The molecule has 0 aliphatic carbocycles. The molecular weight excluding hydrogens is 660 g/mol. The van der Waals surface area contributed by atoms with Crippen LogP contribution in [-0.2, 0) is 33.9 Å². The molecule has 13 heteroatoms. The molecule has 3 aromatic rings. The van der Waals surface area contributed by atoms with E-state index in [1.807, 2.05) is 82.2 Å². The molecule has 2 heterocycles. The van der Waals surface area contributed by atoms with E-state index in [1.165, 1.54) is 23.5 Å². The highest BCUT2D eigenvalue weighted by Crippen LogP contribution is 2.18. The number of aliphatic hydroxyl groups is 1. The number of nitrogens with one attached hydrogen (secondary N) is 3. The lowest BCUT2D eigenvalue weighted by Gasteiger charge is -2.43. The fourth-order valence-corrected chi connectivity index (χ4v) is 6.50. The second-order valence-electron chi connectivity index (χ2n) is 14.3. The minimum absolute atomic E-state index is 0.0148. The van der Waals surface area contributed by atoms with Crippen molar-refractivity contribution in [3.8, 4) is 0 Å². The van der Waals surface area contributed by atoms with Gasteiger partial charge in [0.05, 0.1) is 22.8 Å². The van der Waals surface area contributed by atoms with E-state index in [-0.39, 0.29) is 30.8 Å². The Bertz CT molecular complexity index is 1550. The molecule has 2 aromatic carbocycles. The summed E-state index contributed by atoms with van der Waals surface area (Å²) in [5, 5.41) is 23.2. The first-order valence-corrected chi connectivity index (χ1v) is 17.9. The fraction of sp³-hybridized carbons (Fsp3) is 0.514. The van der Waals surface area contributed by atoms with Crippen LogP contribution in [0.2, 0.25) is 0 Å². The Labute approximate surface area is 298 Å². The Morgan fingerprint density at radius 3 is 2.36 bits per heavy atom. The van der Waals surface area contributed by atoms with Crippen LogP contribution < -0.4 is 16.0 Å². The van der Waals surface area contributed by atoms with E-state index in [2.05, 4.69) is 25.8 Å². The van der Waals surface area contributed by atoms with Gasteiger partial charge in [-0.25, -0.2) is 14.2 Å². The highest BCUT2D eigenvalue weighted by Gasteiger charge is 2.37. The summed E-state index contributed by atoms with van der Waals surface area (Å²) >= 11 is 1.46. The number of hydrogen-bond donors (Lipinski definition) is 4. The number of β-amino-alcohol motifs (C(OH)–C–C–N with tert-alkyl or cyclic N) is 1. The van der Waals surface area contributed by atoms with Gasteiger partial charge in [-0.15, -0.1) is 11.3 Å². The zero-order valence-corrected chi connectivity index (χ0v) is 30.6. The number of benzene rings is 2. The van der Waals surface area contributed by atoms with Gasteiger partial charge in [-0.05, 0) is 63.3 Å². The van der Waals surface area contributed by atoms with Gasteiger partial charge in [0.25, 0.3) is 0 Å². The predicted octanol–water partition coefficient (Wildman–Crippen LogP) is 4.03. The molecule has 11 nitrogen and oxygen atoms in total. The summed E-state index contributed by atoms with van der Waals surface area (Å²) in [6, 6.07) is 13.7. The zero-order chi connectivity index (χ0) is 36.4. The Hall–Kier alpha value is -3.91. The number of carbonyl (C=O) groups is 3. The molecule has 0 radical (unpaired) electrons. The van der Waals surface area contributed by atoms with E-state index in [4.69, 9.17) is 4.74 Å². The van der Waals surface area contributed by atoms with Crippen LogP contribution >= 0.6 is 11.3 Å². The van der Waals surface area contributed by atoms with E-state index in [9.17, 15) is 23.9 Å². The second kappa shape index (κ2) is 17.8. The van der Waals surface area contributed by atoms with Gasteiger partial charge in [0.15, 0.2) is 0 Å². The van der Waals surface area contributed by atoms with Crippen LogP contribution in [0.1, 0.15) is 56.4 Å². The smallest absolute Gasteiger partial charge is 0.408 e. The van der Waals surface area contributed by atoms with Crippen molar-refractivity contribution in [3.63, 3.8) is 0 Å². The number of halogens is 1. The highest BCUT2D eigenvalue weighted by atomic mass is 32.1. The number of thiazole rings is 1. The first kappa shape index (κ1) is 38.9. The monoisotopic (exact) mass is 710 g/mol. The third kappa shape index (κ3) is 12.1. The third-order valence-corrected chi connectivity index (χ3v) is 9.27. The number of rotatable bonds is 14. The van der Waals surface area contributed by atoms with Crippen LogP contribution in [-0.4, -0.2) is 93.7 Å². The van der Waals surface area contributed by atoms with E-state index in [1.54, 1.807) is 12.1 Å². The van der Waals surface area contributed by atoms with E-state index < -0.39 is 41.8 Å². The number of hydrogen-bond acceptors (Lipinski definition) is 9. The van der Waals surface area contributed by atoms with Crippen LogP contribution in [0.15, 0.2) is 60.0 Å². The number of nitrogens with zero attached hydrogens (tertiary/aromatic N) is 3. The van der Waals surface area contributed by atoms with Crippen molar-refractivity contribution in [2.24, 2.45) is 5.92 Å². The molecule has 0 spiro atoms. The maximum atomic E-state index is 13.8. The second-order valence-corrected chi connectivity index (χ2v) is 15.3. The molecule has 1 fully saturated rings. The van der Waals surface area contributed by atoms with Crippen molar-refractivity contribution in [1.29, 1.82) is 0 Å². The number of amides is 3. The molecule has 1 saturated heterocycles. The number of alkyl carbamates (subject to hydrolysis) is 1. The standard InChI is InChI=1S/C37H51FN6O5S/c1-24(2)33(41-36(48)49-22-29-23-50-25(3)39-29)35(47)40-30(18-26-10-8-7-9-11-26)32(45)21-44-17-16-43(19-27-12-14-28(38)15-13-27)20-31(44)34(46)42-37(4,5)6/h7-15,23-24,30-33,45H,16-22H2,1-6H3,(H,40,47)(H,41,48)(H,42,46)/t30-,31-,32+,33-/m0/s1. The molecule has 4 rings (SSSR count). The molecule has 3 amide bonds. The molecule has 1 aliphatic heterocycles. The number of aromatic nitrogens is 1. The molecule has 1 aliphatic rings. The van der Waals surface area contributed by atoms with E-state index >= 15 is 0 Å². The molecule has 0 saturated carbocycles. The maximum absolute atomic E-state index is 13.8. The quantitative estimate of drug-likeness (QED) is 0.197. The summed E-state index contributed by atoms with van der Waals surface area (Å²) in [5.74, 6) is -1.19. The van der Waals surface area contributed by atoms with Gasteiger partial charge < -0.3 is 25.8 Å². The molecule has 0 unspecified atom stereocenters. The van der Waals surface area contributed by atoms with Crippen molar-refractivity contribution in [3.05, 3.63) is 87.6 Å². The summed E-state index contributed by atoms with van der Waals surface area (Å²) in [5.41, 5.74) is 2.01. The Kier molecular flexibility index (Phi) is 13.9. The number of aliphatic hydroxyl groups excluding tert-OH is 1. The predicted molar refractivity (Wildman–Crippen MR) is 192 cm³/mol. The largest absolute Gasteiger partial charge is 0.443 e. The number of carbonyl (C=O) groups excluding carboxylic acids is 3. The number of ether oxygens (including phenoxy) is 1. The normalized spacial score (nSPS) is 17.5. The average molecular weight is 711 g/mol. The number of piperazine rings is 1. The lowest BCUT2D eigenvalue weighted by atomic mass is 9.97. The summed E-state index contributed by atoms with van der Waals surface area (Å²) in [6.45, 7) is 13.5. The van der Waals surface area contributed by atoms with Crippen LogP contribution in [0.3, 0.4) is 0 Å². The van der Waals surface area contributed by atoms with Gasteiger partial charge in [-0.3, -0.25) is 19.4 Å². The zero-order valence-electron chi connectivity index (χ0n) is 29.8. The minimum atomic E-state index is -1.06. The van der Waals surface area contributed by atoms with Crippen molar-refractivity contribution in [1.82, 2.24) is 30.7 Å². The third-order valence-electron chi connectivity index (χ3n) is 8.45. The van der Waals surface area contributed by atoms with Gasteiger partial charge in [0.2, 0.25) is 11.8 Å². The van der Waals surface area contributed by atoms with Gasteiger partial charge in [-0.2, -0.15) is 0 Å². The first-order valence-electron chi connectivity index (χ1n) is 17.1. The van der Waals surface area contributed by atoms with E-state index in [0.717, 1.165) is 16.1 Å². The first-order chi connectivity index (χ1) is 23.7. The van der Waals surface area contributed by atoms with Crippen LogP contribution in [0, 0.1) is 18.7 Å². The molecule has 50 heavy (non-hydrogen) atoms. The Balaban J connectivity index is 1.48. The summed E-state index contributed by atoms with van der Waals surface area (Å²) in [6.07, 6.45) is -1.47. The minimum Gasteiger partial charge on any atom is -0.443 e. The Morgan fingerprint density at radius 1 is 1.04 bits per heavy atom. The van der Waals surface area contributed by atoms with Crippen molar-refractivity contribution >= 4 is 29.2 Å². The SMILES string of the molecule is Cc1nc(COC(=O)N[C@H](C(=O)N[C@@H](Cc2ccccc2)[C@H](O)CN2CCN(Cc3ccc(F)cc3)C[C@H]2C(=O)NC(C)(C)C)C(C)C)cs1. The molecule has 272 valence electrons. The fourth-order valence-electron chi connectivity index (χ4n) is 5.90. The van der Waals surface area contributed by atoms with Gasteiger partial charge >= 0.3 is 6.09 Å². The molecular formula is C37H51FN6O5S. The molecule has 4 N–H and O–H groups in total. The van der Waals surface area contributed by atoms with E-state index in [0.29, 0.717) is 38.3 Å². The molecule has 0 bridgehead atoms. The molecule has 1 aromatic heterocycles. The van der Waals surface area contributed by atoms with Crippen molar-refractivity contribution in [2.75, 3.05) is 26.2 Å². The van der Waals surface area contributed by atoms with Gasteiger partial charge in [-0.1, -0.05) is 56.3 Å². The lowest BCUT2D eigenvalue weighted by molar-refractivity contribution is -0.132. The number of aryl methyl sites for hydroxylation is 1. The van der Waals surface area contributed by atoms with Crippen molar-refractivity contribution in [2.45, 2.75) is 90.9 Å². The topological polar surface area (TPSA) is 136 Å². The summed E-state index contributed by atoms with van der Waals surface area (Å²) in [4.78, 5) is 48.6. The average Bonchev–Trinajstić information content (AvgIpc) is 3.48. The lowest BCUT2D eigenvalue weighted by Crippen LogP contribution is -2.63. The van der Waals surface area contributed by atoms with Gasteiger partial charge in [0.1, 0.15) is 24.5 Å². The Morgan fingerprint density at radius 2 is 1.74 bits per heavy atom. The van der Waals surface area contributed by atoms with Crippen molar-refractivity contribution < 1.29 is 28.6 Å². The summed E-state index contributed by atoms with van der Waals surface area (Å²) < 4.78 is 18.9. The summed E-state index contributed by atoms with van der Waals surface area (Å²) in [7, 11) is 0.